The second kappa shape index (κ2) is 3.85. The molecular formula is C6H7N3O3S. The molecular weight excluding hydrogens is 194 g/mol. The molecule has 6 nitrogen and oxygen atoms in total. The summed E-state index contributed by atoms with van der Waals surface area (Å²) < 4.78 is 0. The van der Waals surface area contributed by atoms with Crippen LogP contribution in [0.25, 0.3) is 0 Å². The number of rotatable bonds is 4. The molecule has 0 bridgehead atoms. The van der Waals surface area contributed by atoms with Crippen molar-refractivity contribution in [3.05, 3.63) is 11.1 Å². The fourth-order valence-corrected chi connectivity index (χ4v) is 1.30. The highest BCUT2D eigenvalue weighted by Gasteiger charge is 2.08. The Balaban J connectivity index is 2.59. The number of nitrogens with zero attached hydrogens (tertiary/aromatic N) is 1. The molecule has 0 spiro atoms. The van der Waals surface area contributed by atoms with E-state index in [1.54, 1.807) is 0 Å². The fourth-order valence-electron chi connectivity index (χ4n) is 0.616. The highest BCUT2D eigenvalue weighted by molar-refractivity contribution is 7.13. The van der Waals surface area contributed by atoms with Gasteiger partial charge in [0.2, 0.25) is 5.91 Å². The minimum Gasteiger partial charge on any atom is -0.476 e. The van der Waals surface area contributed by atoms with Crippen molar-refractivity contribution in [3.8, 4) is 0 Å². The van der Waals surface area contributed by atoms with Gasteiger partial charge in [0.15, 0.2) is 10.8 Å². The standard InChI is InChI=1S/C6H7N3O3S/c7-4(10)1-8-6-9-3(2-13-6)5(11)12/h2H,1H2,(H2,7,10)(H,8,9)(H,11,12). The van der Waals surface area contributed by atoms with Gasteiger partial charge < -0.3 is 16.2 Å². The molecule has 7 heteroatoms. The number of hydrogen-bond donors (Lipinski definition) is 3. The molecule has 0 unspecified atom stereocenters. The molecule has 0 aromatic carbocycles. The first kappa shape index (κ1) is 9.46. The van der Waals surface area contributed by atoms with Crippen molar-refractivity contribution in [2.24, 2.45) is 5.73 Å². The van der Waals surface area contributed by atoms with Gasteiger partial charge in [0.25, 0.3) is 0 Å². The summed E-state index contributed by atoms with van der Waals surface area (Å²) in [6.07, 6.45) is 0. The van der Waals surface area contributed by atoms with E-state index in [4.69, 9.17) is 10.8 Å². The maximum Gasteiger partial charge on any atom is 0.355 e. The van der Waals surface area contributed by atoms with Crippen LogP contribution in [-0.4, -0.2) is 28.5 Å². The number of nitrogens with one attached hydrogen (secondary N) is 1. The maximum absolute atomic E-state index is 10.4. The van der Waals surface area contributed by atoms with Gasteiger partial charge in [-0.2, -0.15) is 0 Å². The molecule has 0 aliphatic carbocycles. The summed E-state index contributed by atoms with van der Waals surface area (Å²) in [6, 6.07) is 0. The number of hydrogen-bond acceptors (Lipinski definition) is 5. The van der Waals surface area contributed by atoms with Crippen LogP contribution in [0.15, 0.2) is 5.38 Å². The smallest absolute Gasteiger partial charge is 0.355 e. The molecule has 1 aromatic heterocycles. The molecule has 0 radical (unpaired) electrons. The zero-order valence-electron chi connectivity index (χ0n) is 6.48. The van der Waals surface area contributed by atoms with E-state index in [2.05, 4.69) is 10.3 Å². The van der Waals surface area contributed by atoms with Crippen molar-refractivity contribution in [2.45, 2.75) is 0 Å². The molecule has 13 heavy (non-hydrogen) atoms. The summed E-state index contributed by atoms with van der Waals surface area (Å²) in [7, 11) is 0. The number of amides is 1. The lowest BCUT2D eigenvalue weighted by Crippen LogP contribution is -2.21. The highest BCUT2D eigenvalue weighted by atomic mass is 32.1. The Morgan fingerprint density at radius 3 is 2.85 bits per heavy atom. The van der Waals surface area contributed by atoms with Crippen molar-refractivity contribution in [1.29, 1.82) is 0 Å². The van der Waals surface area contributed by atoms with Gasteiger partial charge in [-0.05, 0) is 0 Å². The Morgan fingerprint density at radius 2 is 2.38 bits per heavy atom. The molecule has 0 fully saturated rings. The van der Waals surface area contributed by atoms with Gasteiger partial charge in [-0.1, -0.05) is 0 Å². The lowest BCUT2D eigenvalue weighted by molar-refractivity contribution is -0.116. The molecule has 0 saturated carbocycles. The predicted octanol–water partition coefficient (Wildman–Crippen LogP) is -0.262. The van der Waals surface area contributed by atoms with Crippen molar-refractivity contribution in [3.63, 3.8) is 0 Å². The quantitative estimate of drug-likeness (QED) is 0.622. The van der Waals surface area contributed by atoms with Crippen LogP contribution in [0.5, 0.6) is 0 Å². The average Bonchev–Trinajstić information content (AvgIpc) is 2.48. The van der Waals surface area contributed by atoms with Gasteiger partial charge in [-0.3, -0.25) is 4.79 Å². The van der Waals surface area contributed by atoms with Crippen molar-refractivity contribution in [1.82, 2.24) is 4.98 Å². The summed E-state index contributed by atoms with van der Waals surface area (Å²) >= 11 is 1.11. The lowest BCUT2D eigenvalue weighted by atomic mass is 10.5. The second-order valence-electron chi connectivity index (χ2n) is 2.16. The number of primary amides is 1. The number of carboxylic acids is 1. The number of nitrogens with two attached hydrogens (primary N) is 1. The number of aromatic carboxylic acids is 1. The number of thiazole rings is 1. The molecule has 1 rings (SSSR count). The van der Waals surface area contributed by atoms with Crippen LogP contribution in [0.1, 0.15) is 10.5 Å². The van der Waals surface area contributed by atoms with Crippen LogP contribution in [0.4, 0.5) is 5.13 Å². The molecule has 1 heterocycles. The minimum absolute atomic E-state index is 0.0445. The number of carbonyl (C=O) groups is 2. The summed E-state index contributed by atoms with van der Waals surface area (Å²) in [4.78, 5) is 24.4. The molecule has 0 aliphatic rings. The Bertz CT molecular complexity index is 336. The number of carboxylic acid groups (broad SMARTS) is 1. The fraction of sp³-hybridized carbons (Fsp3) is 0.167. The zero-order chi connectivity index (χ0) is 9.84. The van der Waals surface area contributed by atoms with E-state index in [0.29, 0.717) is 5.13 Å². The van der Waals surface area contributed by atoms with Gasteiger partial charge >= 0.3 is 5.97 Å². The lowest BCUT2D eigenvalue weighted by Gasteiger charge is -1.95. The van der Waals surface area contributed by atoms with Crippen LogP contribution in [-0.2, 0) is 4.79 Å². The van der Waals surface area contributed by atoms with E-state index >= 15 is 0 Å². The van der Waals surface area contributed by atoms with E-state index in [-0.39, 0.29) is 12.2 Å². The van der Waals surface area contributed by atoms with Crippen LogP contribution in [0.2, 0.25) is 0 Å². The Hall–Kier alpha value is -1.63. The van der Waals surface area contributed by atoms with Crippen molar-refractivity contribution >= 4 is 28.3 Å². The average molecular weight is 201 g/mol. The normalized spacial score (nSPS) is 9.54. The van der Waals surface area contributed by atoms with E-state index in [1.807, 2.05) is 0 Å². The first-order valence-electron chi connectivity index (χ1n) is 3.30. The largest absolute Gasteiger partial charge is 0.476 e. The van der Waals surface area contributed by atoms with E-state index in [1.165, 1.54) is 5.38 Å². The van der Waals surface area contributed by atoms with Gasteiger partial charge in [0, 0.05) is 5.38 Å². The summed E-state index contributed by atoms with van der Waals surface area (Å²) in [5, 5.41) is 12.8. The monoisotopic (exact) mass is 201 g/mol. The summed E-state index contributed by atoms with van der Waals surface area (Å²) in [5.74, 6) is -1.62. The van der Waals surface area contributed by atoms with Gasteiger partial charge in [-0.25, -0.2) is 9.78 Å². The van der Waals surface area contributed by atoms with Crippen LogP contribution >= 0.6 is 11.3 Å². The first-order valence-corrected chi connectivity index (χ1v) is 4.18. The maximum atomic E-state index is 10.4. The zero-order valence-corrected chi connectivity index (χ0v) is 7.30. The Morgan fingerprint density at radius 1 is 1.69 bits per heavy atom. The highest BCUT2D eigenvalue weighted by Crippen LogP contribution is 2.14. The molecule has 1 amide bonds. The molecule has 70 valence electrons. The van der Waals surface area contributed by atoms with Crippen LogP contribution < -0.4 is 11.1 Å². The van der Waals surface area contributed by atoms with Gasteiger partial charge in [0.05, 0.1) is 6.54 Å². The van der Waals surface area contributed by atoms with Crippen molar-refractivity contribution < 1.29 is 14.7 Å². The third-order valence-electron chi connectivity index (χ3n) is 1.14. The molecule has 0 saturated heterocycles. The number of anilines is 1. The predicted molar refractivity (Wildman–Crippen MR) is 46.8 cm³/mol. The van der Waals surface area contributed by atoms with Gasteiger partial charge in [0.1, 0.15) is 0 Å². The Labute approximate surface area is 77.4 Å². The van der Waals surface area contributed by atoms with Gasteiger partial charge in [-0.15, -0.1) is 11.3 Å². The molecule has 0 aliphatic heterocycles. The molecule has 1 aromatic rings. The summed E-state index contributed by atoms with van der Waals surface area (Å²) in [6.45, 7) is -0.0490. The summed E-state index contributed by atoms with van der Waals surface area (Å²) in [5.41, 5.74) is 4.82. The molecule has 4 N–H and O–H groups in total. The van der Waals surface area contributed by atoms with Crippen LogP contribution in [0.3, 0.4) is 0 Å². The third kappa shape index (κ3) is 2.71. The van der Waals surface area contributed by atoms with Crippen molar-refractivity contribution in [2.75, 3.05) is 11.9 Å². The van der Waals surface area contributed by atoms with Crippen LogP contribution in [0, 0.1) is 0 Å². The molecule has 0 atom stereocenters. The number of carbonyl (C=O) groups excluding carboxylic acids is 1. The Kier molecular flexibility index (Phi) is 2.80. The second-order valence-corrected chi connectivity index (χ2v) is 3.02. The van der Waals surface area contributed by atoms with E-state index in [0.717, 1.165) is 11.3 Å². The van der Waals surface area contributed by atoms with E-state index in [9.17, 15) is 9.59 Å². The topological polar surface area (TPSA) is 105 Å². The third-order valence-corrected chi connectivity index (χ3v) is 1.94. The number of aromatic nitrogens is 1. The first-order chi connectivity index (χ1) is 6.09. The minimum atomic E-state index is -1.09. The van der Waals surface area contributed by atoms with E-state index < -0.39 is 11.9 Å². The SMILES string of the molecule is NC(=O)CNc1nc(C(=O)O)cs1.